The van der Waals surface area contributed by atoms with Crippen molar-refractivity contribution in [3.63, 3.8) is 0 Å². The number of aromatic nitrogens is 2. The second-order valence-corrected chi connectivity index (χ2v) is 7.33. The Morgan fingerprint density at radius 3 is 2.67 bits per heavy atom. The van der Waals surface area contributed by atoms with Gasteiger partial charge in [0.2, 0.25) is 0 Å². The molecule has 3 rings (SSSR count). The number of benzene rings is 1. The Labute approximate surface area is 176 Å². The first-order valence-corrected chi connectivity index (χ1v) is 10.2. The van der Waals surface area contributed by atoms with Crippen LogP contribution in [-0.4, -0.2) is 40.1 Å². The normalized spacial score (nSPS) is 15.9. The molecule has 1 aliphatic rings. The molecule has 1 heterocycles. The molecule has 1 unspecified atom stereocenters. The Morgan fingerprint density at radius 2 is 2.00 bits per heavy atom. The van der Waals surface area contributed by atoms with Crippen LogP contribution in [0.2, 0.25) is 0 Å². The van der Waals surface area contributed by atoms with Crippen LogP contribution in [-0.2, 0) is 16.0 Å². The fourth-order valence-electron chi connectivity index (χ4n) is 3.59. The summed E-state index contributed by atoms with van der Waals surface area (Å²) in [6.45, 7) is 3.27. The zero-order chi connectivity index (χ0) is 21.5. The van der Waals surface area contributed by atoms with E-state index in [1.165, 1.54) is 11.1 Å². The molecule has 2 aromatic rings. The molecule has 1 atom stereocenters. The van der Waals surface area contributed by atoms with Crippen LogP contribution in [0.15, 0.2) is 42.0 Å². The number of ether oxygens (including phenoxy) is 1. The van der Waals surface area contributed by atoms with Crippen molar-refractivity contribution >= 4 is 11.9 Å². The van der Waals surface area contributed by atoms with Crippen molar-refractivity contribution in [3.8, 4) is 5.75 Å². The molecule has 7 heteroatoms. The van der Waals surface area contributed by atoms with Crippen molar-refractivity contribution in [2.45, 2.75) is 45.4 Å². The summed E-state index contributed by atoms with van der Waals surface area (Å²) in [5, 5.41) is 12.6. The molecule has 1 aromatic heterocycles. The van der Waals surface area contributed by atoms with E-state index in [1.54, 1.807) is 13.8 Å². The lowest BCUT2D eigenvalue weighted by molar-refractivity contribution is -0.141. The standard InChI is InChI=1S/C23H27N3O4/c1-3-30-20(27)14-24-23(29)21-22(28)15(2)25-19(26-21)13-16-9-11-18(12-10-16)17-7-5-4-6-8-17/h4-9,18,28H,3,10-14H2,1-2H3,(H,24,29). The fraction of sp³-hybridized carbons (Fsp3) is 0.391. The van der Waals surface area contributed by atoms with Crippen LogP contribution in [0.3, 0.4) is 0 Å². The van der Waals surface area contributed by atoms with Crippen LogP contribution >= 0.6 is 0 Å². The van der Waals surface area contributed by atoms with Crippen LogP contribution in [0.25, 0.3) is 0 Å². The molecule has 1 aliphatic carbocycles. The molecule has 0 fully saturated rings. The molecule has 0 bridgehead atoms. The van der Waals surface area contributed by atoms with Gasteiger partial charge in [0.1, 0.15) is 12.4 Å². The Balaban J connectivity index is 1.67. The Hall–Kier alpha value is -3.22. The molecule has 30 heavy (non-hydrogen) atoms. The highest BCUT2D eigenvalue weighted by atomic mass is 16.5. The molecule has 1 amide bonds. The average Bonchev–Trinajstić information content (AvgIpc) is 2.76. The first-order chi connectivity index (χ1) is 14.5. The highest BCUT2D eigenvalue weighted by molar-refractivity contribution is 5.96. The number of nitrogens with zero attached hydrogens (tertiary/aromatic N) is 2. The van der Waals surface area contributed by atoms with Gasteiger partial charge >= 0.3 is 5.97 Å². The van der Waals surface area contributed by atoms with Gasteiger partial charge in [0.05, 0.1) is 12.3 Å². The first kappa shape index (κ1) is 21.5. The third-order valence-corrected chi connectivity index (χ3v) is 5.18. The summed E-state index contributed by atoms with van der Waals surface area (Å²) in [5.74, 6) is -0.453. The SMILES string of the molecule is CCOC(=O)CNC(=O)c1nc(CC2=CCC(c3ccccc3)CC2)nc(C)c1O. The quantitative estimate of drug-likeness (QED) is 0.538. The van der Waals surface area contributed by atoms with Crippen molar-refractivity contribution in [1.82, 2.24) is 15.3 Å². The van der Waals surface area contributed by atoms with E-state index in [9.17, 15) is 14.7 Å². The van der Waals surface area contributed by atoms with Gasteiger partial charge in [0.25, 0.3) is 5.91 Å². The number of allylic oxidation sites excluding steroid dienone is 2. The maximum atomic E-state index is 12.4. The Bertz CT molecular complexity index is 941. The van der Waals surface area contributed by atoms with E-state index in [4.69, 9.17) is 4.74 Å². The van der Waals surface area contributed by atoms with E-state index in [0.717, 1.165) is 19.3 Å². The van der Waals surface area contributed by atoms with Crippen molar-refractivity contribution in [2.75, 3.05) is 13.2 Å². The highest BCUT2D eigenvalue weighted by Gasteiger charge is 2.21. The third kappa shape index (κ3) is 5.43. The molecule has 0 radical (unpaired) electrons. The number of nitrogens with one attached hydrogen (secondary N) is 1. The predicted octanol–water partition coefficient (Wildman–Crippen LogP) is 3.22. The number of amides is 1. The molecular formula is C23H27N3O4. The van der Waals surface area contributed by atoms with E-state index < -0.39 is 11.9 Å². The predicted molar refractivity (Wildman–Crippen MR) is 112 cm³/mol. The van der Waals surface area contributed by atoms with Gasteiger partial charge < -0.3 is 15.2 Å². The van der Waals surface area contributed by atoms with Crippen LogP contribution in [0, 0.1) is 6.92 Å². The first-order valence-electron chi connectivity index (χ1n) is 10.2. The second-order valence-electron chi connectivity index (χ2n) is 7.33. The van der Waals surface area contributed by atoms with E-state index in [1.807, 2.05) is 6.07 Å². The van der Waals surface area contributed by atoms with Gasteiger partial charge in [-0.15, -0.1) is 0 Å². The van der Waals surface area contributed by atoms with E-state index in [-0.39, 0.29) is 24.6 Å². The molecule has 158 valence electrons. The highest BCUT2D eigenvalue weighted by Crippen LogP contribution is 2.33. The zero-order valence-electron chi connectivity index (χ0n) is 17.4. The fourth-order valence-corrected chi connectivity index (χ4v) is 3.59. The molecule has 0 saturated carbocycles. The minimum Gasteiger partial charge on any atom is -0.504 e. The smallest absolute Gasteiger partial charge is 0.325 e. The minimum absolute atomic E-state index is 0.125. The molecular weight excluding hydrogens is 382 g/mol. The van der Waals surface area contributed by atoms with Gasteiger partial charge in [-0.1, -0.05) is 42.0 Å². The lowest BCUT2D eigenvalue weighted by Crippen LogP contribution is -2.31. The van der Waals surface area contributed by atoms with Crippen molar-refractivity contribution in [2.24, 2.45) is 0 Å². The van der Waals surface area contributed by atoms with E-state index >= 15 is 0 Å². The molecule has 1 aromatic carbocycles. The summed E-state index contributed by atoms with van der Waals surface area (Å²) >= 11 is 0. The third-order valence-electron chi connectivity index (χ3n) is 5.18. The largest absolute Gasteiger partial charge is 0.504 e. The molecule has 7 nitrogen and oxygen atoms in total. The van der Waals surface area contributed by atoms with Crippen LogP contribution in [0.5, 0.6) is 5.75 Å². The lowest BCUT2D eigenvalue weighted by Gasteiger charge is -2.22. The van der Waals surface area contributed by atoms with Crippen molar-refractivity contribution in [1.29, 1.82) is 0 Å². The van der Waals surface area contributed by atoms with E-state index in [2.05, 4.69) is 45.6 Å². The Kier molecular flexibility index (Phi) is 7.17. The van der Waals surface area contributed by atoms with Crippen LogP contribution in [0.4, 0.5) is 0 Å². The molecule has 2 N–H and O–H groups in total. The van der Waals surface area contributed by atoms with Gasteiger partial charge in [-0.25, -0.2) is 9.97 Å². The summed E-state index contributed by atoms with van der Waals surface area (Å²) in [6, 6.07) is 10.5. The number of carbonyl (C=O) groups excluding carboxylic acids is 2. The summed E-state index contributed by atoms with van der Waals surface area (Å²) < 4.78 is 4.79. The van der Waals surface area contributed by atoms with Crippen molar-refractivity contribution in [3.05, 3.63) is 64.8 Å². The summed E-state index contributed by atoms with van der Waals surface area (Å²) in [4.78, 5) is 32.4. The topological polar surface area (TPSA) is 101 Å². The number of esters is 1. The minimum atomic E-state index is -0.630. The molecule has 0 spiro atoms. The van der Waals surface area contributed by atoms with Gasteiger partial charge in [-0.05, 0) is 44.6 Å². The van der Waals surface area contributed by atoms with Gasteiger partial charge in [0.15, 0.2) is 11.4 Å². The van der Waals surface area contributed by atoms with Gasteiger partial charge in [-0.3, -0.25) is 9.59 Å². The number of hydrogen-bond donors (Lipinski definition) is 2. The monoisotopic (exact) mass is 409 g/mol. The molecule has 0 saturated heterocycles. The van der Waals surface area contributed by atoms with Crippen LogP contribution in [0.1, 0.15) is 59.7 Å². The summed E-state index contributed by atoms with van der Waals surface area (Å²) in [6.07, 6.45) is 5.71. The zero-order valence-corrected chi connectivity index (χ0v) is 17.4. The maximum Gasteiger partial charge on any atom is 0.325 e. The summed E-state index contributed by atoms with van der Waals surface area (Å²) in [5.41, 5.74) is 2.79. The van der Waals surface area contributed by atoms with E-state index in [0.29, 0.717) is 23.9 Å². The molecule has 0 aliphatic heterocycles. The average molecular weight is 409 g/mol. The van der Waals surface area contributed by atoms with Gasteiger partial charge in [-0.2, -0.15) is 0 Å². The summed E-state index contributed by atoms with van der Waals surface area (Å²) in [7, 11) is 0. The number of carbonyl (C=O) groups is 2. The number of aryl methyl sites for hydroxylation is 1. The van der Waals surface area contributed by atoms with Crippen molar-refractivity contribution < 1.29 is 19.4 Å². The number of rotatable bonds is 7. The Morgan fingerprint density at radius 1 is 1.23 bits per heavy atom. The second kappa shape index (κ2) is 10.0. The number of aromatic hydroxyl groups is 1. The lowest BCUT2D eigenvalue weighted by atomic mass is 9.84. The van der Waals surface area contributed by atoms with Gasteiger partial charge in [0, 0.05) is 6.42 Å². The number of hydrogen-bond acceptors (Lipinski definition) is 6. The maximum absolute atomic E-state index is 12.4. The van der Waals surface area contributed by atoms with Crippen LogP contribution < -0.4 is 5.32 Å².